The average Bonchev–Trinajstić information content (AvgIpc) is 3.05. The fourth-order valence-electron chi connectivity index (χ4n) is 1.99. The van der Waals surface area contributed by atoms with Gasteiger partial charge in [0.25, 0.3) is 0 Å². The summed E-state index contributed by atoms with van der Waals surface area (Å²) >= 11 is 1.93. The fourth-order valence-corrected chi connectivity index (χ4v) is 2.43. The molecule has 1 saturated carbocycles. The smallest absolute Gasteiger partial charge is 0.0143 e. The van der Waals surface area contributed by atoms with Gasteiger partial charge in [0.05, 0.1) is 0 Å². The molecular weight excluding hydrogens is 202 g/mol. The summed E-state index contributed by atoms with van der Waals surface area (Å²) in [5.41, 5.74) is 1.50. The minimum atomic E-state index is 0.745. The predicted molar refractivity (Wildman–Crippen MR) is 68.6 cm³/mol. The van der Waals surface area contributed by atoms with Crippen molar-refractivity contribution in [2.24, 2.45) is 0 Å². The lowest BCUT2D eigenvalue weighted by Crippen LogP contribution is -2.19. The van der Waals surface area contributed by atoms with Crippen LogP contribution in [0, 0.1) is 0 Å². The second-order valence-electron chi connectivity index (χ2n) is 4.16. The molecule has 0 aromatic heterocycles. The van der Waals surface area contributed by atoms with E-state index in [9.17, 15) is 0 Å². The Balaban J connectivity index is 1.68. The number of hydrogen-bond acceptors (Lipinski definition) is 2. The van der Waals surface area contributed by atoms with Gasteiger partial charge in [0.15, 0.2) is 0 Å². The van der Waals surface area contributed by atoms with Gasteiger partial charge in [0.1, 0.15) is 0 Å². The summed E-state index contributed by atoms with van der Waals surface area (Å²) in [5, 5.41) is 3.63. The number of hydrogen-bond donors (Lipinski definition) is 1. The van der Waals surface area contributed by atoms with Crippen LogP contribution in [-0.2, 0) is 0 Å². The molecule has 2 heteroatoms. The molecule has 0 saturated heterocycles. The Kier molecular flexibility index (Phi) is 4.09. The molecule has 2 rings (SSSR count). The first-order chi connectivity index (χ1) is 7.42. The van der Waals surface area contributed by atoms with Crippen LogP contribution in [0.1, 0.15) is 24.3 Å². The summed E-state index contributed by atoms with van der Waals surface area (Å²) in [7, 11) is 0. The normalized spacial score (nSPS) is 24.1. The predicted octanol–water partition coefficient (Wildman–Crippen LogP) is 2.89. The molecule has 0 amide bonds. The molecule has 1 aliphatic carbocycles. The van der Waals surface area contributed by atoms with E-state index < -0.39 is 0 Å². The van der Waals surface area contributed by atoms with E-state index in [1.54, 1.807) is 0 Å². The van der Waals surface area contributed by atoms with Gasteiger partial charge in [-0.3, -0.25) is 0 Å². The zero-order valence-electron chi connectivity index (χ0n) is 9.28. The topological polar surface area (TPSA) is 12.0 Å². The molecule has 1 aromatic rings. The molecule has 1 aliphatic rings. The molecule has 1 fully saturated rings. The highest BCUT2D eigenvalue weighted by Gasteiger charge is 2.37. The minimum Gasteiger partial charge on any atom is -0.313 e. The maximum Gasteiger partial charge on any atom is 0.0143 e. The van der Waals surface area contributed by atoms with Crippen LogP contribution in [0.2, 0.25) is 0 Å². The van der Waals surface area contributed by atoms with E-state index in [1.165, 1.54) is 30.7 Å². The van der Waals surface area contributed by atoms with Gasteiger partial charge in [-0.15, -0.1) is 0 Å². The first-order valence-electron chi connectivity index (χ1n) is 5.69. The van der Waals surface area contributed by atoms with Crippen molar-refractivity contribution >= 4 is 11.8 Å². The number of nitrogens with one attached hydrogen (secondary N) is 1. The molecule has 0 spiro atoms. The minimum absolute atomic E-state index is 0.745. The van der Waals surface area contributed by atoms with Crippen LogP contribution < -0.4 is 5.32 Å². The lowest BCUT2D eigenvalue weighted by molar-refractivity contribution is 0.661. The van der Waals surface area contributed by atoms with Crippen LogP contribution in [0.3, 0.4) is 0 Å². The second-order valence-corrected chi connectivity index (χ2v) is 5.15. The van der Waals surface area contributed by atoms with E-state index in [0.717, 1.165) is 12.0 Å². The number of rotatable bonds is 6. The quantitative estimate of drug-likeness (QED) is 0.741. The van der Waals surface area contributed by atoms with E-state index in [2.05, 4.69) is 41.9 Å². The summed E-state index contributed by atoms with van der Waals surface area (Å²) in [4.78, 5) is 0. The maximum atomic E-state index is 3.63. The fraction of sp³-hybridized carbons (Fsp3) is 0.538. The van der Waals surface area contributed by atoms with Gasteiger partial charge in [0, 0.05) is 12.0 Å². The summed E-state index contributed by atoms with van der Waals surface area (Å²) in [6.07, 6.45) is 4.78. The van der Waals surface area contributed by atoms with Crippen LogP contribution in [0.5, 0.6) is 0 Å². The Morgan fingerprint density at radius 2 is 2.13 bits per heavy atom. The lowest BCUT2D eigenvalue weighted by atomic mass is 10.1. The van der Waals surface area contributed by atoms with Gasteiger partial charge in [-0.1, -0.05) is 30.3 Å². The highest BCUT2D eigenvalue weighted by molar-refractivity contribution is 7.98. The van der Waals surface area contributed by atoms with Gasteiger partial charge in [-0.05, 0) is 37.0 Å². The zero-order chi connectivity index (χ0) is 10.5. The molecule has 82 valence electrons. The Labute approximate surface area is 96.7 Å². The standard InChI is InChI=1S/C13H19NS/c1-15-9-5-8-14-13-10-12(13)11-6-3-2-4-7-11/h2-4,6-7,12-14H,5,8-10H2,1H3. The van der Waals surface area contributed by atoms with Gasteiger partial charge >= 0.3 is 0 Å². The van der Waals surface area contributed by atoms with E-state index in [0.29, 0.717) is 0 Å². The van der Waals surface area contributed by atoms with Crippen molar-refractivity contribution in [2.45, 2.75) is 24.8 Å². The molecule has 1 aromatic carbocycles. The highest BCUT2D eigenvalue weighted by atomic mass is 32.2. The summed E-state index contributed by atoms with van der Waals surface area (Å²) in [5.74, 6) is 2.05. The van der Waals surface area contributed by atoms with Crippen LogP contribution in [0.4, 0.5) is 0 Å². The third kappa shape index (κ3) is 3.25. The van der Waals surface area contributed by atoms with E-state index in [1.807, 2.05) is 11.8 Å². The Morgan fingerprint density at radius 1 is 1.33 bits per heavy atom. The molecular formula is C13H19NS. The largest absolute Gasteiger partial charge is 0.313 e. The van der Waals surface area contributed by atoms with E-state index >= 15 is 0 Å². The first kappa shape index (κ1) is 11.0. The lowest BCUT2D eigenvalue weighted by Gasteiger charge is -2.03. The van der Waals surface area contributed by atoms with Crippen LogP contribution in [-0.4, -0.2) is 24.6 Å². The molecule has 0 aliphatic heterocycles. The van der Waals surface area contributed by atoms with Gasteiger partial charge in [-0.25, -0.2) is 0 Å². The van der Waals surface area contributed by atoms with Crippen LogP contribution in [0.15, 0.2) is 30.3 Å². The molecule has 2 atom stereocenters. The average molecular weight is 221 g/mol. The Bertz CT molecular complexity index is 286. The third-order valence-corrected chi connectivity index (χ3v) is 3.65. The van der Waals surface area contributed by atoms with E-state index in [-0.39, 0.29) is 0 Å². The maximum absolute atomic E-state index is 3.63. The van der Waals surface area contributed by atoms with Gasteiger partial charge in [0.2, 0.25) is 0 Å². The van der Waals surface area contributed by atoms with Crippen LogP contribution in [0.25, 0.3) is 0 Å². The molecule has 0 bridgehead atoms. The first-order valence-corrected chi connectivity index (χ1v) is 7.08. The Morgan fingerprint density at radius 3 is 2.87 bits per heavy atom. The second kappa shape index (κ2) is 5.57. The van der Waals surface area contributed by atoms with Crippen molar-refractivity contribution in [2.75, 3.05) is 18.6 Å². The number of thioether (sulfide) groups is 1. The van der Waals surface area contributed by atoms with Gasteiger partial charge in [-0.2, -0.15) is 11.8 Å². The molecule has 1 N–H and O–H groups in total. The van der Waals surface area contributed by atoms with E-state index in [4.69, 9.17) is 0 Å². The summed E-state index contributed by atoms with van der Waals surface area (Å²) < 4.78 is 0. The number of benzene rings is 1. The SMILES string of the molecule is CSCCCNC1CC1c1ccccc1. The molecule has 0 radical (unpaired) electrons. The van der Waals surface area contributed by atoms with Crippen molar-refractivity contribution < 1.29 is 0 Å². The van der Waals surface area contributed by atoms with Crippen molar-refractivity contribution in [3.63, 3.8) is 0 Å². The monoisotopic (exact) mass is 221 g/mol. The van der Waals surface area contributed by atoms with Gasteiger partial charge < -0.3 is 5.32 Å². The molecule has 2 unspecified atom stereocenters. The molecule has 0 heterocycles. The third-order valence-electron chi connectivity index (χ3n) is 2.95. The van der Waals surface area contributed by atoms with Crippen molar-refractivity contribution in [1.29, 1.82) is 0 Å². The van der Waals surface area contributed by atoms with Crippen molar-refractivity contribution in [3.8, 4) is 0 Å². The highest BCUT2D eigenvalue weighted by Crippen LogP contribution is 2.40. The molecule has 1 nitrogen and oxygen atoms in total. The van der Waals surface area contributed by atoms with Crippen LogP contribution >= 0.6 is 11.8 Å². The zero-order valence-corrected chi connectivity index (χ0v) is 10.1. The summed E-state index contributed by atoms with van der Waals surface area (Å²) in [6.45, 7) is 1.18. The Hall–Kier alpha value is -0.470. The molecule has 15 heavy (non-hydrogen) atoms. The van der Waals surface area contributed by atoms with Crippen molar-refractivity contribution in [1.82, 2.24) is 5.32 Å². The summed E-state index contributed by atoms with van der Waals surface area (Å²) in [6, 6.07) is 11.6. The van der Waals surface area contributed by atoms with Crippen molar-refractivity contribution in [3.05, 3.63) is 35.9 Å².